The molecule has 0 fully saturated rings. The first-order valence-electron chi connectivity index (χ1n) is 18.1. The number of halogens is 3. The van der Waals surface area contributed by atoms with Crippen LogP contribution in [0.25, 0.3) is 31.6 Å². The number of unbranched alkanes of at least 4 members (excludes halogenated alkanes) is 1. The highest BCUT2D eigenvalue weighted by Gasteiger charge is 2.69. The third-order valence-corrected chi connectivity index (χ3v) is 13.3. The van der Waals surface area contributed by atoms with Gasteiger partial charge in [-0.1, -0.05) is 69.7 Å². The van der Waals surface area contributed by atoms with E-state index in [2.05, 4.69) is 90.3 Å². The summed E-state index contributed by atoms with van der Waals surface area (Å²) in [7, 11) is 0. The van der Waals surface area contributed by atoms with E-state index in [9.17, 15) is 13.2 Å². The maximum atomic E-state index is 14.3. The molecule has 4 aromatic rings. The molecule has 0 saturated carbocycles. The third-order valence-electron chi connectivity index (χ3n) is 12.2. The van der Waals surface area contributed by atoms with Gasteiger partial charge < -0.3 is 9.80 Å². The minimum atomic E-state index is -4.55. The summed E-state index contributed by atoms with van der Waals surface area (Å²) < 4.78 is 47.1. The average Bonchev–Trinajstić information content (AvgIpc) is 3.84. The molecule has 0 amide bonds. The van der Waals surface area contributed by atoms with Crippen LogP contribution in [-0.2, 0) is 18.1 Å². The molecule has 0 bridgehead atoms. The van der Waals surface area contributed by atoms with Crippen LogP contribution >= 0.6 is 11.3 Å². The summed E-state index contributed by atoms with van der Waals surface area (Å²) >= 11 is 1.86. The summed E-state index contributed by atoms with van der Waals surface area (Å²) in [6, 6.07) is 12.4. The number of nitrogens with zero attached hydrogens (tertiary/aromatic N) is 6. The zero-order chi connectivity index (χ0) is 34.9. The number of thiophene rings is 1. The van der Waals surface area contributed by atoms with Gasteiger partial charge in [0.05, 0.1) is 28.7 Å². The van der Waals surface area contributed by atoms with E-state index in [0.29, 0.717) is 25.1 Å². The molecule has 0 spiro atoms. The minimum Gasteiger partial charge on any atom is -0.354 e. The molecular weight excluding hydrogens is 666 g/mol. The molecule has 3 unspecified atom stereocenters. The first-order valence-corrected chi connectivity index (χ1v) is 18.9. The second-order valence-corrected chi connectivity index (χ2v) is 15.4. The highest BCUT2D eigenvalue weighted by atomic mass is 32.1. The molecule has 0 N–H and O–H groups in total. The molecule has 1 aliphatic carbocycles. The highest BCUT2D eigenvalue weighted by Crippen LogP contribution is 2.67. The van der Waals surface area contributed by atoms with E-state index < -0.39 is 22.9 Å². The molecule has 0 radical (unpaired) electrons. The molecule has 6 aliphatic rings. The van der Waals surface area contributed by atoms with Gasteiger partial charge in [0, 0.05) is 50.4 Å². The van der Waals surface area contributed by atoms with Crippen LogP contribution < -0.4 is 0 Å². The van der Waals surface area contributed by atoms with Gasteiger partial charge in [-0.05, 0) is 72.7 Å². The summed E-state index contributed by atoms with van der Waals surface area (Å²) in [5.74, 6) is 0. The molecule has 6 nitrogen and oxygen atoms in total. The fourth-order valence-corrected chi connectivity index (χ4v) is 11.4. The molecule has 4 atom stereocenters. The van der Waals surface area contributed by atoms with Crippen molar-refractivity contribution in [3.63, 3.8) is 0 Å². The molecule has 10 rings (SSSR count). The predicted octanol–water partition coefficient (Wildman–Crippen LogP) is 9.81. The molecule has 2 aromatic carbocycles. The van der Waals surface area contributed by atoms with Crippen molar-refractivity contribution < 1.29 is 13.2 Å². The largest absolute Gasteiger partial charge is 0.435 e. The van der Waals surface area contributed by atoms with Gasteiger partial charge in [-0.15, -0.1) is 11.3 Å². The molecule has 10 heteroatoms. The maximum Gasteiger partial charge on any atom is 0.435 e. The van der Waals surface area contributed by atoms with E-state index >= 15 is 0 Å². The molecule has 5 aliphatic heterocycles. The van der Waals surface area contributed by atoms with Gasteiger partial charge in [-0.25, -0.2) is 0 Å². The normalized spacial score (nSPS) is 26.9. The summed E-state index contributed by atoms with van der Waals surface area (Å²) in [6.45, 7) is 7.09. The number of aliphatic imine (C=N–C) groups is 2. The Bertz CT molecular complexity index is 2400. The van der Waals surface area contributed by atoms with E-state index in [1.54, 1.807) is 17.1 Å². The van der Waals surface area contributed by atoms with Crippen molar-refractivity contribution in [2.75, 3.05) is 6.54 Å². The topological polar surface area (TPSA) is 49.0 Å². The Labute approximate surface area is 298 Å². The number of allylic oxidation sites excluding steroid dienone is 4. The number of alkyl halides is 3. The predicted molar refractivity (Wildman–Crippen MR) is 200 cm³/mol. The molecule has 51 heavy (non-hydrogen) atoms. The first-order chi connectivity index (χ1) is 24.8. The lowest BCUT2D eigenvalue weighted by Gasteiger charge is -2.67. The van der Waals surface area contributed by atoms with Gasteiger partial charge in [0.25, 0.3) is 0 Å². The Hall–Kier alpha value is -4.70. The van der Waals surface area contributed by atoms with Crippen LogP contribution in [0, 0.1) is 0 Å². The van der Waals surface area contributed by atoms with Gasteiger partial charge >= 0.3 is 6.18 Å². The second-order valence-electron chi connectivity index (χ2n) is 14.3. The van der Waals surface area contributed by atoms with Crippen molar-refractivity contribution in [1.82, 2.24) is 19.6 Å². The minimum absolute atomic E-state index is 0.203. The number of rotatable bonds is 6. The molecule has 0 saturated heterocycles. The van der Waals surface area contributed by atoms with Gasteiger partial charge in [0.15, 0.2) is 11.9 Å². The Morgan fingerprint density at radius 2 is 1.88 bits per heavy atom. The maximum absolute atomic E-state index is 14.3. The first kappa shape index (κ1) is 31.1. The van der Waals surface area contributed by atoms with E-state index in [4.69, 9.17) is 9.98 Å². The Kier molecular flexibility index (Phi) is 6.50. The van der Waals surface area contributed by atoms with Gasteiger partial charge in [0.2, 0.25) is 0 Å². The molecule has 7 heterocycles. The number of benzene rings is 2. The summed E-state index contributed by atoms with van der Waals surface area (Å²) in [5.41, 5.74) is 6.05. The van der Waals surface area contributed by atoms with Crippen LogP contribution in [0.2, 0.25) is 0 Å². The van der Waals surface area contributed by atoms with Crippen LogP contribution in [0.1, 0.15) is 80.6 Å². The van der Waals surface area contributed by atoms with Crippen LogP contribution in [0.3, 0.4) is 0 Å². The SMILES string of the molecule is CCCCc1cccc2sc3c4c(ccc3c12)C(C1=CC2(CC)n3nc(C(F)(F)F)cc3C3=CC=CCN3[C@]12CC)N1C4=CC=C2N=CC=NC21. The lowest BCUT2D eigenvalue weighted by atomic mass is 9.54. The van der Waals surface area contributed by atoms with Crippen molar-refractivity contribution in [3.8, 4) is 0 Å². The zero-order valence-electron chi connectivity index (χ0n) is 28.7. The van der Waals surface area contributed by atoms with Crippen molar-refractivity contribution in [2.24, 2.45) is 9.98 Å². The van der Waals surface area contributed by atoms with Crippen molar-refractivity contribution in [3.05, 3.63) is 112 Å². The third kappa shape index (κ3) is 3.81. The second kappa shape index (κ2) is 10.7. The van der Waals surface area contributed by atoms with Crippen LogP contribution in [0.15, 0.2) is 94.1 Å². The lowest BCUT2D eigenvalue weighted by Crippen LogP contribution is -2.73. The number of hydrogen-bond donors (Lipinski definition) is 0. The molecule has 2 aromatic heterocycles. The van der Waals surface area contributed by atoms with Crippen LogP contribution in [0.4, 0.5) is 13.2 Å². The Morgan fingerprint density at radius 1 is 1.00 bits per heavy atom. The number of hydrogen-bond acceptors (Lipinski definition) is 6. The monoisotopic (exact) mass is 702 g/mol. The van der Waals surface area contributed by atoms with Crippen molar-refractivity contribution in [1.29, 1.82) is 0 Å². The molecule has 258 valence electrons. The smallest absolute Gasteiger partial charge is 0.354 e. The average molecular weight is 703 g/mol. The summed E-state index contributed by atoms with van der Waals surface area (Å²) in [4.78, 5) is 14.6. The highest BCUT2D eigenvalue weighted by molar-refractivity contribution is 7.26. The fraction of sp³-hybridized carbons (Fsp3) is 0.341. The Balaban J connectivity index is 1.24. The van der Waals surface area contributed by atoms with Gasteiger partial charge in [-0.2, -0.15) is 18.3 Å². The van der Waals surface area contributed by atoms with E-state index in [1.807, 2.05) is 23.5 Å². The van der Waals surface area contributed by atoms with Crippen LogP contribution in [-0.4, -0.2) is 50.3 Å². The number of aromatic nitrogens is 2. The zero-order valence-corrected chi connectivity index (χ0v) is 29.5. The standard InChI is InChI=1S/C41H37F3N6S/c1-4-7-11-24-12-10-14-32-34(24)26-16-15-25-35(37(26)51-32)30-18-17-28-38(46-20-19-45-28)49(30)36(25)27-23-39(5-2)40(27,6-3)48-21-9-8-13-29(48)31-22-33(41(42,43)44)47-50(31)39/h8-10,12-20,22-23,36,38H,4-7,11,21H2,1-3H3/t36?,38?,39?,40-/m1/s1. The van der Waals surface area contributed by atoms with Crippen molar-refractivity contribution in [2.45, 2.75) is 82.3 Å². The van der Waals surface area contributed by atoms with Crippen molar-refractivity contribution >= 4 is 55.3 Å². The number of fused-ring (bicyclic) bond motifs is 15. The van der Waals surface area contributed by atoms with E-state index in [-0.39, 0.29) is 12.2 Å². The lowest BCUT2D eigenvalue weighted by molar-refractivity contribution is -0.142. The van der Waals surface area contributed by atoms with E-state index in [0.717, 1.165) is 36.4 Å². The number of aryl methyl sites for hydroxylation is 1. The summed E-state index contributed by atoms with van der Waals surface area (Å²) in [5, 5.41) is 6.99. The Morgan fingerprint density at radius 3 is 2.69 bits per heavy atom. The van der Waals surface area contributed by atoms with E-state index in [1.165, 1.54) is 48.5 Å². The van der Waals surface area contributed by atoms with Gasteiger partial charge in [0.1, 0.15) is 5.54 Å². The quantitative estimate of drug-likeness (QED) is 0.188. The molecular formula is C41H37F3N6S. The van der Waals surface area contributed by atoms with Crippen LogP contribution in [0.5, 0.6) is 0 Å². The summed E-state index contributed by atoms with van der Waals surface area (Å²) in [6.07, 6.45) is 15.9. The van der Waals surface area contributed by atoms with Gasteiger partial charge in [-0.3, -0.25) is 14.7 Å². The fourth-order valence-electron chi connectivity index (χ4n) is 10.1.